The van der Waals surface area contributed by atoms with E-state index < -0.39 is 23.5 Å². The van der Waals surface area contributed by atoms with Gasteiger partial charge >= 0.3 is 5.91 Å². The number of Topliss-reactive ketones (excluding diaryl/α,β-unsaturated/α-hetero) is 1. The number of anilines is 1. The minimum atomic E-state index is -0.846. The zero-order valence-corrected chi connectivity index (χ0v) is 19.7. The van der Waals surface area contributed by atoms with Crippen LogP contribution in [-0.4, -0.2) is 28.4 Å². The van der Waals surface area contributed by atoms with Gasteiger partial charge in [0.05, 0.1) is 22.4 Å². The number of rotatable bonds is 6. The summed E-state index contributed by atoms with van der Waals surface area (Å²) in [5.41, 5.74) is 0.908. The van der Waals surface area contributed by atoms with Gasteiger partial charge < -0.3 is 9.84 Å². The first-order chi connectivity index (χ1) is 16.5. The molecule has 0 saturated carbocycles. The maximum atomic E-state index is 13.7. The van der Waals surface area contributed by atoms with Crippen LogP contribution in [0.25, 0.3) is 16.0 Å². The van der Waals surface area contributed by atoms with Gasteiger partial charge in [-0.25, -0.2) is 9.37 Å². The Morgan fingerprint density at radius 2 is 1.97 bits per heavy atom. The average molecular weight is 495 g/mol. The number of thiazole rings is 1. The van der Waals surface area contributed by atoms with Crippen LogP contribution in [-0.2, 0) is 9.59 Å². The first-order valence-corrected chi connectivity index (χ1v) is 12.3. The minimum Gasteiger partial charge on any atom is -0.507 e. The molecule has 0 aliphatic carbocycles. The Morgan fingerprint density at radius 3 is 2.68 bits per heavy atom. The monoisotopic (exact) mass is 494 g/mol. The molecule has 1 amide bonds. The number of hydrogen-bond donors (Lipinski definition) is 1. The van der Waals surface area contributed by atoms with Crippen molar-refractivity contribution in [2.24, 2.45) is 0 Å². The van der Waals surface area contributed by atoms with E-state index in [4.69, 9.17) is 4.74 Å². The molecule has 1 unspecified atom stereocenters. The number of carbonyl (C=O) groups is 2. The summed E-state index contributed by atoms with van der Waals surface area (Å²) >= 11 is 2.49. The van der Waals surface area contributed by atoms with Crippen LogP contribution in [0.3, 0.4) is 0 Å². The van der Waals surface area contributed by atoms with Crippen molar-refractivity contribution in [2.75, 3.05) is 11.5 Å². The summed E-state index contributed by atoms with van der Waals surface area (Å²) in [4.78, 5) is 32.8. The SMILES string of the molecule is CCCOc1ccc(/C(O)=C2\C(=O)C(=O)N(c3nc4ccc(F)cc4s3)C2c2cccs2)cc1. The largest absolute Gasteiger partial charge is 0.507 e. The molecule has 34 heavy (non-hydrogen) atoms. The van der Waals surface area contributed by atoms with Gasteiger partial charge in [0.25, 0.3) is 5.78 Å². The van der Waals surface area contributed by atoms with Crippen LogP contribution >= 0.6 is 22.7 Å². The number of ketones is 1. The highest BCUT2D eigenvalue weighted by Crippen LogP contribution is 2.45. The molecule has 1 aliphatic rings. The van der Waals surface area contributed by atoms with Gasteiger partial charge in [0.2, 0.25) is 0 Å². The Balaban J connectivity index is 1.62. The topological polar surface area (TPSA) is 79.7 Å². The fourth-order valence-electron chi connectivity index (χ4n) is 3.82. The Hall–Kier alpha value is -3.56. The van der Waals surface area contributed by atoms with Crippen molar-refractivity contribution in [1.82, 2.24) is 4.98 Å². The Morgan fingerprint density at radius 1 is 1.18 bits per heavy atom. The van der Waals surface area contributed by atoms with Crippen molar-refractivity contribution in [1.29, 1.82) is 0 Å². The minimum absolute atomic E-state index is 0.0138. The molecular formula is C25H19FN2O4S2. The van der Waals surface area contributed by atoms with E-state index in [1.54, 1.807) is 30.3 Å². The van der Waals surface area contributed by atoms with Crippen molar-refractivity contribution in [3.05, 3.63) is 81.8 Å². The number of carbonyl (C=O) groups excluding carboxylic acids is 2. The Kier molecular flexibility index (Phi) is 5.89. The van der Waals surface area contributed by atoms with Gasteiger partial charge in [-0.2, -0.15) is 0 Å². The number of benzene rings is 2. The highest BCUT2D eigenvalue weighted by molar-refractivity contribution is 7.22. The van der Waals surface area contributed by atoms with E-state index in [1.165, 1.54) is 34.4 Å². The van der Waals surface area contributed by atoms with E-state index in [2.05, 4.69) is 4.98 Å². The fraction of sp³-hybridized carbons (Fsp3) is 0.160. The van der Waals surface area contributed by atoms with Crippen molar-refractivity contribution in [3.63, 3.8) is 0 Å². The molecule has 0 spiro atoms. The van der Waals surface area contributed by atoms with Gasteiger partial charge in [0.1, 0.15) is 23.4 Å². The standard InChI is InChI=1S/C25H19FN2O4S2/c1-2-11-32-16-8-5-14(6-9-16)22(29)20-21(18-4-3-12-33-18)28(24(31)23(20)30)25-27-17-10-7-15(26)13-19(17)34-25/h3-10,12-13,21,29H,2,11H2,1H3/b22-20+. The van der Waals surface area contributed by atoms with E-state index >= 15 is 0 Å². The highest BCUT2D eigenvalue weighted by atomic mass is 32.1. The second-order valence-corrected chi connectivity index (χ2v) is 9.65. The van der Waals surface area contributed by atoms with Gasteiger partial charge in [-0.3, -0.25) is 14.5 Å². The number of nitrogens with zero attached hydrogens (tertiary/aromatic N) is 2. The van der Waals surface area contributed by atoms with Gasteiger partial charge in [0.15, 0.2) is 5.13 Å². The molecule has 172 valence electrons. The lowest BCUT2D eigenvalue weighted by atomic mass is 10.00. The molecule has 2 aromatic carbocycles. The third kappa shape index (κ3) is 3.86. The van der Waals surface area contributed by atoms with Crippen LogP contribution in [0.5, 0.6) is 5.75 Å². The summed E-state index contributed by atoms with van der Waals surface area (Å²) in [5.74, 6) is -1.62. The van der Waals surface area contributed by atoms with Crippen LogP contribution in [0, 0.1) is 5.82 Å². The van der Waals surface area contributed by atoms with Gasteiger partial charge in [0, 0.05) is 10.4 Å². The van der Waals surface area contributed by atoms with Gasteiger partial charge in [-0.15, -0.1) is 11.3 Å². The molecule has 0 radical (unpaired) electrons. The first kappa shape index (κ1) is 22.2. The van der Waals surface area contributed by atoms with E-state index in [0.717, 1.165) is 17.8 Å². The zero-order valence-electron chi connectivity index (χ0n) is 18.0. The molecule has 1 saturated heterocycles. The molecule has 9 heteroatoms. The summed E-state index contributed by atoms with van der Waals surface area (Å²) in [6, 6.07) is 13.7. The number of thiophene rings is 1. The number of aliphatic hydroxyl groups is 1. The molecule has 4 aromatic rings. The van der Waals surface area contributed by atoms with Crippen molar-refractivity contribution < 1.29 is 23.8 Å². The maximum absolute atomic E-state index is 13.7. The van der Waals surface area contributed by atoms with Crippen LogP contribution in [0.4, 0.5) is 9.52 Å². The zero-order chi connectivity index (χ0) is 23.8. The predicted molar refractivity (Wildman–Crippen MR) is 131 cm³/mol. The van der Waals surface area contributed by atoms with Crippen molar-refractivity contribution >= 4 is 55.5 Å². The number of hydrogen-bond acceptors (Lipinski definition) is 7. The summed E-state index contributed by atoms with van der Waals surface area (Å²) in [6.45, 7) is 2.58. The molecule has 0 bridgehead atoms. The second-order valence-electron chi connectivity index (χ2n) is 7.67. The van der Waals surface area contributed by atoms with E-state index in [1.807, 2.05) is 18.4 Å². The second kappa shape index (κ2) is 9.00. The summed E-state index contributed by atoms with van der Waals surface area (Å²) < 4.78 is 19.9. The van der Waals surface area contributed by atoms with Crippen LogP contribution in [0.15, 0.2) is 65.6 Å². The number of fused-ring (bicyclic) bond motifs is 1. The Bertz CT molecular complexity index is 1410. The molecule has 6 nitrogen and oxygen atoms in total. The molecule has 1 fully saturated rings. The van der Waals surface area contributed by atoms with Crippen molar-refractivity contribution in [2.45, 2.75) is 19.4 Å². The van der Waals surface area contributed by atoms with E-state index in [0.29, 0.717) is 33.0 Å². The molecule has 1 atom stereocenters. The molecule has 2 aromatic heterocycles. The third-order valence-corrected chi connectivity index (χ3v) is 7.35. The predicted octanol–water partition coefficient (Wildman–Crippen LogP) is 5.91. The lowest BCUT2D eigenvalue weighted by Crippen LogP contribution is -2.28. The van der Waals surface area contributed by atoms with Crippen molar-refractivity contribution in [3.8, 4) is 5.75 Å². The number of aromatic nitrogens is 1. The van der Waals surface area contributed by atoms with Crippen LogP contribution < -0.4 is 9.64 Å². The lowest BCUT2D eigenvalue weighted by molar-refractivity contribution is -0.132. The lowest BCUT2D eigenvalue weighted by Gasteiger charge is -2.21. The van der Waals surface area contributed by atoms with E-state index in [9.17, 15) is 19.1 Å². The fourth-order valence-corrected chi connectivity index (χ4v) is 5.66. The van der Waals surface area contributed by atoms with Crippen LogP contribution in [0.1, 0.15) is 29.8 Å². The number of ether oxygens (including phenoxy) is 1. The smallest absolute Gasteiger partial charge is 0.301 e. The first-order valence-electron chi connectivity index (χ1n) is 10.6. The number of amides is 1. The number of aliphatic hydroxyl groups excluding tert-OH is 1. The van der Waals surface area contributed by atoms with Crippen LogP contribution in [0.2, 0.25) is 0 Å². The van der Waals surface area contributed by atoms with E-state index in [-0.39, 0.29) is 16.5 Å². The Labute approximate surface area is 202 Å². The number of halogens is 1. The molecule has 1 N–H and O–H groups in total. The average Bonchev–Trinajstić information content (AvgIpc) is 3.56. The maximum Gasteiger partial charge on any atom is 0.301 e. The summed E-state index contributed by atoms with van der Waals surface area (Å²) in [5, 5.41) is 13.3. The summed E-state index contributed by atoms with van der Waals surface area (Å²) in [6.07, 6.45) is 0.865. The molecule has 3 heterocycles. The molecule has 5 rings (SSSR count). The molecular weight excluding hydrogens is 475 g/mol. The molecule has 1 aliphatic heterocycles. The highest BCUT2D eigenvalue weighted by Gasteiger charge is 2.48. The quantitative estimate of drug-likeness (QED) is 0.205. The van der Waals surface area contributed by atoms with Gasteiger partial charge in [-0.1, -0.05) is 24.3 Å². The summed E-state index contributed by atoms with van der Waals surface area (Å²) in [7, 11) is 0. The van der Waals surface area contributed by atoms with Gasteiger partial charge in [-0.05, 0) is 60.3 Å². The normalized spacial score (nSPS) is 17.6. The third-order valence-electron chi connectivity index (χ3n) is 5.40.